The predicted octanol–water partition coefficient (Wildman–Crippen LogP) is 0.698. The summed E-state index contributed by atoms with van der Waals surface area (Å²) in [5.41, 5.74) is 5.91. The molecular weight excluding hydrogens is 454 g/mol. The molecule has 0 bridgehead atoms. The first-order chi connectivity index (χ1) is 14.5. The Morgan fingerprint density at radius 2 is 2.30 bits per heavy atom. The van der Waals surface area contributed by atoms with Crippen molar-refractivity contribution in [3.63, 3.8) is 0 Å². The summed E-state index contributed by atoms with van der Waals surface area (Å²) in [7, 11) is 1.29. The Bertz CT molecular complexity index is 931. The molecule has 1 unspecified atom stereocenters. The molecule has 10 nitrogen and oxygen atoms in total. The highest BCUT2D eigenvalue weighted by Gasteiger charge is 2.53. The second-order valence-corrected chi connectivity index (χ2v) is 8.24. The lowest BCUT2D eigenvalue weighted by molar-refractivity contribution is -0.151. The number of carbonyl (C=O) groups excluding carboxylic acids is 3. The van der Waals surface area contributed by atoms with E-state index < -0.39 is 29.2 Å². The van der Waals surface area contributed by atoms with Gasteiger partial charge in [0.1, 0.15) is 36.5 Å². The number of nitrogens with two attached hydrogens (primary N) is 1. The van der Waals surface area contributed by atoms with Crippen LogP contribution in [0.5, 0.6) is 0 Å². The fraction of sp³-hybridized carbons (Fsp3) is 0.353. The Hall–Kier alpha value is -2.57. The predicted molar refractivity (Wildman–Crippen MR) is 114 cm³/mol. The van der Waals surface area contributed by atoms with Gasteiger partial charge in [-0.05, 0) is 6.08 Å². The standard InChI is InChI=1S/C17H18ClN5O5S2/c1-27-22-11(9-8-30-17(19)20-9)13(24)21-12-14(25)23-10(4-7-29-15(12)23)16(26)28-6-3-2-5-18/h2-4,8,12,15H,5-7H2,1H3,(H2,19,20)(H,21,24)/t12?,15-/m0/s1. The number of anilines is 1. The van der Waals surface area contributed by atoms with E-state index in [2.05, 4.69) is 15.5 Å². The lowest BCUT2D eigenvalue weighted by Crippen LogP contribution is -2.70. The number of amides is 2. The Balaban J connectivity index is 1.66. The van der Waals surface area contributed by atoms with Crippen molar-refractivity contribution in [2.45, 2.75) is 11.4 Å². The number of thiazole rings is 1. The summed E-state index contributed by atoms with van der Waals surface area (Å²) in [5, 5.41) is 7.73. The van der Waals surface area contributed by atoms with Crippen LogP contribution in [0.25, 0.3) is 0 Å². The number of nitrogens with zero attached hydrogens (tertiary/aromatic N) is 3. The number of thioether (sulfide) groups is 1. The Kier molecular flexibility index (Phi) is 7.34. The molecule has 2 amide bonds. The molecule has 0 saturated carbocycles. The molecule has 30 heavy (non-hydrogen) atoms. The van der Waals surface area contributed by atoms with Crippen molar-refractivity contribution in [1.82, 2.24) is 15.2 Å². The van der Waals surface area contributed by atoms with Crippen molar-refractivity contribution in [2.24, 2.45) is 5.16 Å². The number of carbonyl (C=O) groups is 3. The maximum Gasteiger partial charge on any atom is 0.355 e. The molecule has 1 fully saturated rings. The van der Waals surface area contributed by atoms with Crippen LogP contribution < -0.4 is 11.1 Å². The zero-order valence-electron chi connectivity index (χ0n) is 15.7. The highest BCUT2D eigenvalue weighted by Crippen LogP contribution is 2.37. The van der Waals surface area contributed by atoms with Gasteiger partial charge in [-0.25, -0.2) is 9.78 Å². The van der Waals surface area contributed by atoms with Crippen LogP contribution in [0.4, 0.5) is 5.13 Å². The zero-order chi connectivity index (χ0) is 21.7. The highest BCUT2D eigenvalue weighted by molar-refractivity contribution is 8.00. The van der Waals surface area contributed by atoms with Crippen molar-refractivity contribution < 1.29 is 24.0 Å². The number of ether oxygens (including phenoxy) is 1. The minimum absolute atomic E-state index is 0.0521. The van der Waals surface area contributed by atoms with Crippen LogP contribution in [0, 0.1) is 0 Å². The lowest BCUT2D eigenvalue weighted by atomic mass is 10.0. The number of hydrogen-bond donors (Lipinski definition) is 2. The molecule has 1 aromatic rings. The minimum atomic E-state index is -0.826. The Morgan fingerprint density at radius 3 is 2.97 bits per heavy atom. The number of oxime groups is 1. The van der Waals surface area contributed by atoms with Crippen molar-refractivity contribution in [3.05, 3.63) is 35.0 Å². The van der Waals surface area contributed by atoms with Gasteiger partial charge >= 0.3 is 5.97 Å². The quantitative estimate of drug-likeness (QED) is 0.141. The molecule has 0 aromatic carbocycles. The molecule has 0 radical (unpaired) electrons. The number of halogens is 1. The molecule has 2 aliphatic heterocycles. The summed E-state index contributed by atoms with van der Waals surface area (Å²) in [6.07, 6.45) is 4.89. The second-order valence-electron chi connectivity index (χ2n) is 5.89. The average Bonchev–Trinajstić information content (AvgIpc) is 3.18. The summed E-state index contributed by atoms with van der Waals surface area (Å²) >= 11 is 8.08. The molecule has 1 saturated heterocycles. The molecule has 3 heterocycles. The third-order valence-corrected chi connectivity index (χ3v) is 6.11. The first-order valence-corrected chi connectivity index (χ1v) is 11.1. The number of esters is 1. The average molecular weight is 472 g/mol. The van der Waals surface area contributed by atoms with E-state index in [9.17, 15) is 14.4 Å². The van der Waals surface area contributed by atoms with Crippen molar-refractivity contribution in [2.75, 3.05) is 31.1 Å². The lowest BCUT2D eigenvalue weighted by Gasteiger charge is -2.48. The van der Waals surface area contributed by atoms with E-state index in [0.29, 0.717) is 11.6 Å². The number of nitrogens with one attached hydrogen (secondary N) is 1. The maximum atomic E-state index is 12.7. The summed E-state index contributed by atoms with van der Waals surface area (Å²) in [6, 6.07) is -0.826. The SMILES string of the molecule is CON=C(C(=O)NC1C(=O)N2C(C(=O)OCC=CCCl)=CCS[C@@H]12)c1csc(N)n1. The summed E-state index contributed by atoms with van der Waals surface area (Å²) in [6.45, 7) is 0.0521. The summed E-state index contributed by atoms with van der Waals surface area (Å²) in [5.74, 6) is -0.866. The van der Waals surface area contributed by atoms with Crippen molar-refractivity contribution in [1.29, 1.82) is 0 Å². The van der Waals surface area contributed by atoms with Gasteiger partial charge in [0.15, 0.2) is 10.8 Å². The van der Waals surface area contributed by atoms with Gasteiger partial charge in [-0.15, -0.1) is 34.7 Å². The van der Waals surface area contributed by atoms with Crippen LogP contribution in [0.2, 0.25) is 0 Å². The zero-order valence-corrected chi connectivity index (χ0v) is 18.1. The molecule has 3 rings (SSSR count). The van der Waals surface area contributed by atoms with Gasteiger partial charge in [0.2, 0.25) is 0 Å². The second kappa shape index (κ2) is 9.96. The van der Waals surface area contributed by atoms with Crippen LogP contribution in [0.3, 0.4) is 0 Å². The normalized spacial score (nSPS) is 21.0. The molecule has 160 valence electrons. The van der Waals surface area contributed by atoms with Gasteiger partial charge in [-0.3, -0.25) is 14.5 Å². The van der Waals surface area contributed by atoms with Crippen molar-refractivity contribution in [3.8, 4) is 0 Å². The molecule has 2 aliphatic rings. The molecule has 2 atom stereocenters. The molecule has 3 N–H and O–H groups in total. The maximum absolute atomic E-state index is 12.7. The van der Waals surface area contributed by atoms with Gasteiger partial charge in [-0.1, -0.05) is 17.3 Å². The fourth-order valence-electron chi connectivity index (χ4n) is 2.76. The number of allylic oxidation sites excluding steroid dienone is 1. The van der Waals surface area contributed by atoms with E-state index >= 15 is 0 Å². The monoisotopic (exact) mass is 471 g/mol. The number of hydrogen-bond acceptors (Lipinski definition) is 10. The van der Waals surface area contributed by atoms with E-state index in [0.717, 1.165) is 11.3 Å². The van der Waals surface area contributed by atoms with Gasteiger partial charge in [0.05, 0.1) is 0 Å². The Labute approximate surface area is 185 Å². The van der Waals surface area contributed by atoms with Crippen LogP contribution in [-0.2, 0) is 24.0 Å². The van der Waals surface area contributed by atoms with E-state index in [4.69, 9.17) is 26.9 Å². The number of β-lactam (4-membered cyclic amide) rings is 1. The minimum Gasteiger partial charge on any atom is -0.457 e. The number of rotatable bonds is 8. The third kappa shape index (κ3) is 4.60. The largest absolute Gasteiger partial charge is 0.457 e. The number of nitrogen functional groups attached to an aromatic ring is 1. The number of fused-ring (bicyclic) bond motifs is 1. The summed E-state index contributed by atoms with van der Waals surface area (Å²) < 4.78 is 5.13. The topological polar surface area (TPSA) is 136 Å². The third-order valence-electron chi connectivity index (χ3n) is 4.07. The van der Waals surface area contributed by atoms with Gasteiger partial charge < -0.3 is 20.6 Å². The van der Waals surface area contributed by atoms with Crippen molar-refractivity contribution >= 4 is 63.3 Å². The van der Waals surface area contributed by atoms with Crippen LogP contribution in [-0.4, -0.2) is 70.1 Å². The number of alkyl halides is 1. The van der Waals surface area contributed by atoms with Gasteiger partial charge in [-0.2, -0.15) is 0 Å². The molecule has 0 spiro atoms. The smallest absolute Gasteiger partial charge is 0.355 e. The van der Waals surface area contributed by atoms with Crippen LogP contribution >= 0.6 is 34.7 Å². The first-order valence-electron chi connectivity index (χ1n) is 8.64. The number of aromatic nitrogens is 1. The molecule has 13 heteroatoms. The van der Waals surface area contributed by atoms with E-state index in [1.165, 1.54) is 23.8 Å². The van der Waals surface area contributed by atoms with Gasteiger partial charge in [0, 0.05) is 17.0 Å². The van der Waals surface area contributed by atoms with Gasteiger partial charge in [0.25, 0.3) is 11.8 Å². The summed E-state index contributed by atoms with van der Waals surface area (Å²) in [4.78, 5) is 47.7. The van der Waals surface area contributed by atoms with E-state index in [1.54, 1.807) is 23.6 Å². The molecular formula is C17H18ClN5O5S2. The highest BCUT2D eigenvalue weighted by atomic mass is 35.5. The Morgan fingerprint density at radius 1 is 1.50 bits per heavy atom. The first kappa shape index (κ1) is 22.1. The fourth-order valence-corrected chi connectivity index (χ4v) is 4.63. The van der Waals surface area contributed by atoms with Crippen LogP contribution in [0.15, 0.2) is 34.5 Å². The van der Waals surface area contributed by atoms with E-state index in [1.807, 2.05) is 0 Å². The van der Waals surface area contributed by atoms with E-state index in [-0.39, 0.29) is 28.8 Å². The molecule has 1 aromatic heterocycles. The molecule has 0 aliphatic carbocycles. The van der Waals surface area contributed by atoms with Crippen LogP contribution in [0.1, 0.15) is 5.69 Å².